The fourth-order valence-electron chi connectivity index (χ4n) is 6.73. The molecule has 2 aliphatic heterocycles. The van der Waals surface area contributed by atoms with Crippen molar-refractivity contribution in [2.75, 3.05) is 76.0 Å². The molecule has 0 fully saturated rings. The number of rotatable bonds is 4. The first kappa shape index (κ1) is 34.1. The summed E-state index contributed by atoms with van der Waals surface area (Å²) in [4.78, 5) is 49.1. The Morgan fingerprint density at radius 1 is 0.340 bits per heavy atom. The molecular formula is C40H36CoN12. The fraction of sp³-hybridized carbons (Fsp3) is 0.200. The third-order valence-corrected chi connectivity index (χ3v) is 9.70. The van der Waals surface area contributed by atoms with Crippen LogP contribution in [0.2, 0.25) is 0 Å². The van der Waals surface area contributed by atoms with Gasteiger partial charge in [0.1, 0.15) is 0 Å². The summed E-state index contributed by atoms with van der Waals surface area (Å²) in [5.74, 6) is 2.10. The van der Waals surface area contributed by atoms with Crippen molar-refractivity contribution in [1.82, 2.24) is 39.9 Å². The molecule has 8 bridgehead atoms. The number of anilines is 4. The van der Waals surface area contributed by atoms with Gasteiger partial charge in [-0.05, 0) is 82.2 Å². The van der Waals surface area contributed by atoms with E-state index in [2.05, 4.69) is 80.3 Å². The van der Waals surface area contributed by atoms with Crippen LogP contribution in [0.5, 0.6) is 0 Å². The zero-order valence-corrected chi connectivity index (χ0v) is 31.7. The Kier molecular flexibility index (Phi) is 8.07. The first-order chi connectivity index (χ1) is 25.0. The second-order valence-corrected chi connectivity index (χ2v) is 14.0. The fourth-order valence-corrected chi connectivity index (χ4v) is 6.73. The Morgan fingerprint density at radius 3 is 1.00 bits per heavy atom. The van der Waals surface area contributed by atoms with Crippen LogP contribution in [-0.2, 0) is 16.8 Å². The van der Waals surface area contributed by atoms with Gasteiger partial charge in [0.25, 0.3) is 0 Å². The number of nitrogens with zero attached hydrogens (tertiary/aromatic N) is 12. The van der Waals surface area contributed by atoms with E-state index in [4.69, 9.17) is 39.9 Å². The monoisotopic (exact) mass is 743 g/mol. The van der Waals surface area contributed by atoms with Crippen molar-refractivity contribution < 1.29 is 16.8 Å². The topological polar surface area (TPSA) is 118 Å². The standard InChI is InChI=1S/C40H36N12.Co/c1-49(2)21-9-13-25-29(17-21)37-42-33(25)41-34-26-14-10-22(50(3)4)18-30(26)38(43-34)45-36-28-16-12-24(52(7)8)20-32(28)40(47-36)48-39-31-19-23(51(5)6)11-15-27(31)35(44-37)46-39;/h9-20H,1-8H3;/q-2;+2. The molecule has 1 radical (unpaired) electrons. The Balaban J connectivity index is 0.00000400. The van der Waals surface area contributed by atoms with Gasteiger partial charge in [0.05, 0.1) is 23.3 Å². The molecule has 9 rings (SSSR count). The SMILES string of the molecule is CN(C)c1ccc2c(c1)-c1nc-2nc2[n-]c(nc3nc(nc4[n-]c(n1)c1ccc(N(C)C)cc41)-c1cc(N(C)C)ccc1-3)c1cc(N(C)C)ccc21.[Co+2]. The van der Waals surface area contributed by atoms with E-state index in [0.717, 1.165) is 66.5 Å². The summed E-state index contributed by atoms with van der Waals surface area (Å²) in [5.41, 5.74) is 9.67. The van der Waals surface area contributed by atoms with E-state index in [1.807, 2.05) is 68.5 Å². The zero-order chi connectivity index (χ0) is 36.0. The van der Waals surface area contributed by atoms with Crippen LogP contribution >= 0.6 is 0 Å². The minimum Gasteiger partial charge on any atom is -0.378 e. The van der Waals surface area contributed by atoms with Gasteiger partial charge >= 0.3 is 16.8 Å². The number of fused-ring (bicyclic) bond motifs is 20. The van der Waals surface area contributed by atoms with Gasteiger partial charge < -0.3 is 49.5 Å². The molecule has 0 saturated heterocycles. The molecule has 265 valence electrons. The molecule has 53 heavy (non-hydrogen) atoms. The Morgan fingerprint density at radius 2 is 0.642 bits per heavy atom. The quantitative estimate of drug-likeness (QED) is 0.199. The average Bonchev–Trinajstić information content (AvgIpc) is 3.85. The van der Waals surface area contributed by atoms with Gasteiger partial charge in [-0.1, -0.05) is 12.1 Å². The molecule has 4 aromatic carbocycles. The van der Waals surface area contributed by atoms with E-state index in [1.165, 1.54) is 0 Å². The van der Waals surface area contributed by atoms with Crippen LogP contribution in [0.25, 0.3) is 89.7 Å². The summed E-state index contributed by atoms with van der Waals surface area (Å²) in [7, 11) is 16.2. The predicted molar refractivity (Wildman–Crippen MR) is 211 cm³/mol. The van der Waals surface area contributed by atoms with Gasteiger partial charge in [0.15, 0.2) is 0 Å². The third-order valence-electron chi connectivity index (χ3n) is 9.70. The second-order valence-electron chi connectivity index (χ2n) is 14.0. The van der Waals surface area contributed by atoms with Gasteiger partial charge in [-0.2, -0.15) is 0 Å². The van der Waals surface area contributed by atoms with Crippen molar-refractivity contribution in [3.8, 4) is 45.6 Å². The van der Waals surface area contributed by atoms with Crippen molar-refractivity contribution >= 4 is 66.9 Å². The smallest absolute Gasteiger partial charge is 0.378 e. The number of hydrogen-bond acceptors (Lipinski definition) is 10. The van der Waals surface area contributed by atoms with Crippen molar-refractivity contribution in [2.24, 2.45) is 0 Å². The summed E-state index contributed by atoms with van der Waals surface area (Å²) in [6.07, 6.45) is 0. The molecule has 3 aromatic heterocycles. The Hall–Kier alpha value is -6.05. The molecule has 12 nitrogen and oxygen atoms in total. The Bertz CT molecular complexity index is 2780. The zero-order valence-electron chi connectivity index (χ0n) is 30.6. The second kappa shape index (κ2) is 12.6. The summed E-state index contributed by atoms with van der Waals surface area (Å²) in [6, 6.07) is 24.9. The van der Waals surface area contributed by atoms with Gasteiger partial charge in [-0.3, -0.25) is 0 Å². The largest absolute Gasteiger partial charge is 2.00 e. The van der Waals surface area contributed by atoms with Crippen LogP contribution in [0.15, 0.2) is 72.8 Å². The van der Waals surface area contributed by atoms with Crippen LogP contribution in [0, 0.1) is 0 Å². The minimum absolute atomic E-state index is 0. The molecule has 0 aliphatic carbocycles. The number of aromatic nitrogens is 8. The molecule has 0 amide bonds. The number of hydrogen-bond donors (Lipinski definition) is 0. The predicted octanol–water partition coefficient (Wildman–Crippen LogP) is 6.39. The Labute approximate surface area is 316 Å². The third kappa shape index (κ3) is 5.59. The van der Waals surface area contributed by atoms with Crippen LogP contribution in [-0.4, -0.2) is 86.3 Å². The van der Waals surface area contributed by atoms with E-state index in [9.17, 15) is 0 Å². The van der Waals surface area contributed by atoms with Crippen molar-refractivity contribution in [1.29, 1.82) is 0 Å². The van der Waals surface area contributed by atoms with E-state index >= 15 is 0 Å². The van der Waals surface area contributed by atoms with Crippen molar-refractivity contribution in [2.45, 2.75) is 0 Å². The van der Waals surface area contributed by atoms with Gasteiger partial charge in [-0.25, -0.2) is 9.97 Å². The molecule has 0 saturated carbocycles. The molecule has 13 heteroatoms. The summed E-state index contributed by atoms with van der Waals surface area (Å²) >= 11 is 0. The van der Waals surface area contributed by atoms with Crippen LogP contribution in [0.3, 0.4) is 0 Å². The van der Waals surface area contributed by atoms with Crippen LogP contribution in [0.4, 0.5) is 22.7 Å². The van der Waals surface area contributed by atoms with E-state index in [1.54, 1.807) is 0 Å². The molecule has 0 unspecified atom stereocenters. The first-order valence-electron chi connectivity index (χ1n) is 17.0. The molecule has 7 aromatic rings. The maximum absolute atomic E-state index is 5.17. The van der Waals surface area contributed by atoms with Crippen LogP contribution < -0.4 is 29.6 Å². The van der Waals surface area contributed by atoms with E-state index in [0.29, 0.717) is 45.9 Å². The molecule has 2 aliphatic rings. The van der Waals surface area contributed by atoms with E-state index in [-0.39, 0.29) is 16.8 Å². The summed E-state index contributed by atoms with van der Waals surface area (Å²) in [6.45, 7) is 0. The van der Waals surface area contributed by atoms with Crippen molar-refractivity contribution in [3.63, 3.8) is 0 Å². The average molecular weight is 744 g/mol. The maximum atomic E-state index is 5.17. The molecular weight excluding hydrogens is 707 g/mol. The molecule has 0 spiro atoms. The van der Waals surface area contributed by atoms with Gasteiger partial charge in [0, 0.05) is 124 Å². The molecule has 0 N–H and O–H groups in total. The minimum atomic E-state index is 0. The van der Waals surface area contributed by atoms with E-state index < -0.39 is 0 Å². The van der Waals surface area contributed by atoms with Crippen molar-refractivity contribution in [3.05, 3.63) is 72.8 Å². The van der Waals surface area contributed by atoms with Crippen LogP contribution in [0.1, 0.15) is 0 Å². The normalized spacial score (nSPS) is 11.6. The van der Waals surface area contributed by atoms with Gasteiger partial charge in [-0.15, -0.1) is 0 Å². The first-order valence-corrected chi connectivity index (χ1v) is 17.0. The van der Waals surface area contributed by atoms with Gasteiger partial charge in [0.2, 0.25) is 0 Å². The maximum Gasteiger partial charge on any atom is 2.00 e. The summed E-state index contributed by atoms with van der Waals surface area (Å²) < 4.78 is 0. The molecule has 0 atom stereocenters. The number of benzene rings is 4. The molecule has 5 heterocycles. The summed E-state index contributed by atoms with van der Waals surface area (Å²) in [5, 5.41) is 3.47.